The van der Waals surface area contributed by atoms with Crippen LogP contribution in [0.2, 0.25) is 0 Å². The van der Waals surface area contributed by atoms with E-state index in [2.05, 4.69) is 20.9 Å². The second kappa shape index (κ2) is 11.7. The zero-order valence-corrected chi connectivity index (χ0v) is 18.4. The molecule has 2 atom stereocenters. The van der Waals surface area contributed by atoms with Crippen molar-refractivity contribution in [2.24, 2.45) is 4.99 Å². The molecule has 1 amide bonds. The fourth-order valence-electron chi connectivity index (χ4n) is 2.41. The van der Waals surface area contributed by atoms with Crippen LogP contribution in [-0.2, 0) is 16.4 Å². The Morgan fingerprint density at radius 1 is 1.14 bits per heavy atom. The van der Waals surface area contributed by atoms with Crippen molar-refractivity contribution in [1.82, 2.24) is 16.0 Å². The highest BCUT2D eigenvalue weighted by Crippen LogP contribution is 2.08. The average molecular weight is 411 g/mol. The third-order valence-electron chi connectivity index (χ3n) is 4.25. The summed E-state index contributed by atoms with van der Waals surface area (Å²) in [6.07, 6.45) is 2.63. The molecule has 0 spiro atoms. The molecule has 0 saturated heterocycles. The Morgan fingerprint density at radius 3 is 2.46 bits per heavy atom. The zero-order chi connectivity index (χ0) is 21.2. The fourth-order valence-corrected chi connectivity index (χ4v) is 3.19. The van der Waals surface area contributed by atoms with Gasteiger partial charge in [0, 0.05) is 30.4 Å². The monoisotopic (exact) mass is 410 g/mol. The molecule has 0 aliphatic rings. The quantitative estimate of drug-likeness (QED) is 0.405. The number of hydrogen-bond acceptors (Lipinski definition) is 4. The number of carbonyl (C=O) groups excluding carboxylic acids is 1. The average Bonchev–Trinajstić information content (AvgIpc) is 2.64. The lowest BCUT2D eigenvalue weighted by molar-refractivity contribution is 0.0939. The van der Waals surface area contributed by atoms with Crippen LogP contribution < -0.4 is 16.0 Å². The van der Waals surface area contributed by atoms with Gasteiger partial charge in [0.2, 0.25) is 0 Å². The Labute approximate surface area is 169 Å². The van der Waals surface area contributed by atoms with Gasteiger partial charge in [-0.25, -0.2) is 13.4 Å². The number of nitrogens with zero attached hydrogens (tertiary/aromatic N) is 1. The number of amides is 1. The lowest BCUT2D eigenvalue weighted by atomic mass is 10.1. The van der Waals surface area contributed by atoms with E-state index in [0.29, 0.717) is 31.0 Å². The Morgan fingerprint density at radius 2 is 1.86 bits per heavy atom. The summed E-state index contributed by atoms with van der Waals surface area (Å²) in [5, 5.41) is 9.35. The number of nitrogens with one attached hydrogen (secondary N) is 3. The zero-order valence-electron chi connectivity index (χ0n) is 17.6. The van der Waals surface area contributed by atoms with Crippen LogP contribution in [0.5, 0.6) is 0 Å². The summed E-state index contributed by atoms with van der Waals surface area (Å²) < 4.78 is 22.6. The Bertz CT molecular complexity index is 762. The van der Waals surface area contributed by atoms with Crippen molar-refractivity contribution in [3.8, 4) is 0 Å². The Kier molecular flexibility index (Phi) is 9.99. The maximum absolute atomic E-state index is 12.3. The molecular weight excluding hydrogens is 376 g/mol. The van der Waals surface area contributed by atoms with Crippen molar-refractivity contribution in [2.45, 2.75) is 59.2 Å². The highest BCUT2D eigenvalue weighted by molar-refractivity contribution is 7.90. The van der Waals surface area contributed by atoms with Gasteiger partial charge >= 0.3 is 0 Å². The number of aliphatic imine (C=N–C) groups is 1. The Hall–Kier alpha value is -2.09. The van der Waals surface area contributed by atoms with Crippen LogP contribution in [0.25, 0.3) is 0 Å². The minimum atomic E-state index is -2.98. The smallest absolute Gasteiger partial charge is 0.251 e. The van der Waals surface area contributed by atoms with E-state index in [9.17, 15) is 13.2 Å². The molecule has 0 aliphatic heterocycles. The molecule has 0 saturated carbocycles. The number of sulfone groups is 1. The van der Waals surface area contributed by atoms with Gasteiger partial charge in [-0.2, -0.15) is 0 Å². The van der Waals surface area contributed by atoms with Crippen LogP contribution in [0.3, 0.4) is 0 Å². The highest BCUT2D eigenvalue weighted by Gasteiger charge is 2.11. The largest absolute Gasteiger partial charge is 0.357 e. The maximum Gasteiger partial charge on any atom is 0.251 e. The van der Waals surface area contributed by atoms with Gasteiger partial charge in [0.25, 0.3) is 5.91 Å². The van der Waals surface area contributed by atoms with E-state index in [4.69, 9.17) is 0 Å². The first-order valence-electron chi connectivity index (χ1n) is 9.77. The number of benzene rings is 1. The third-order valence-corrected chi connectivity index (χ3v) is 5.23. The lowest BCUT2D eigenvalue weighted by Crippen LogP contribution is -2.42. The van der Waals surface area contributed by atoms with Crippen molar-refractivity contribution in [1.29, 1.82) is 0 Å². The van der Waals surface area contributed by atoms with Crippen LogP contribution >= 0.6 is 0 Å². The maximum atomic E-state index is 12.3. The van der Waals surface area contributed by atoms with E-state index < -0.39 is 9.84 Å². The molecule has 7 nitrogen and oxygen atoms in total. The molecule has 0 heterocycles. The summed E-state index contributed by atoms with van der Waals surface area (Å²) in [5.74, 6) is 0.672. The predicted octanol–water partition coefficient (Wildman–Crippen LogP) is 2.09. The molecule has 3 N–H and O–H groups in total. The second-order valence-corrected chi connectivity index (χ2v) is 9.40. The molecular formula is C20H34N4O3S. The summed E-state index contributed by atoms with van der Waals surface area (Å²) >= 11 is 0. The molecule has 0 bridgehead atoms. The van der Waals surface area contributed by atoms with Crippen LogP contribution in [0.4, 0.5) is 0 Å². The summed E-state index contributed by atoms with van der Waals surface area (Å²) in [5.41, 5.74) is 1.55. The minimum absolute atomic E-state index is 0.0276. The molecule has 0 aromatic heterocycles. The first-order chi connectivity index (χ1) is 13.1. The van der Waals surface area contributed by atoms with Crippen LogP contribution in [0.15, 0.2) is 29.3 Å². The van der Waals surface area contributed by atoms with E-state index in [-0.39, 0.29) is 23.7 Å². The van der Waals surface area contributed by atoms with Crippen molar-refractivity contribution < 1.29 is 13.2 Å². The standard InChI is InChI=1S/C20H34N4O3S/c1-6-15(3)23-19(25)18-10-8-9-17(13-18)14-22-20(21-7-2)24-16(4)11-12-28(5,26)27/h8-10,13,15-16H,6-7,11-12,14H2,1-5H3,(H,23,25)(H2,21,22,24). The highest BCUT2D eigenvalue weighted by atomic mass is 32.2. The van der Waals surface area contributed by atoms with Gasteiger partial charge in [-0.15, -0.1) is 0 Å². The van der Waals surface area contributed by atoms with Gasteiger partial charge in [0.15, 0.2) is 5.96 Å². The topological polar surface area (TPSA) is 99.7 Å². The summed E-state index contributed by atoms with van der Waals surface area (Å²) in [4.78, 5) is 16.8. The van der Waals surface area contributed by atoms with Crippen LogP contribution in [0.1, 0.15) is 56.5 Å². The SMILES string of the molecule is CCNC(=NCc1cccc(C(=O)NC(C)CC)c1)NC(C)CCS(C)(=O)=O. The normalized spacial score (nSPS) is 14.2. The van der Waals surface area contributed by atoms with Gasteiger partial charge in [0.1, 0.15) is 9.84 Å². The molecule has 1 rings (SSSR count). The number of guanidine groups is 1. The number of carbonyl (C=O) groups is 1. The van der Waals surface area contributed by atoms with Gasteiger partial charge < -0.3 is 16.0 Å². The molecule has 0 radical (unpaired) electrons. The van der Waals surface area contributed by atoms with Gasteiger partial charge in [-0.05, 0) is 51.3 Å². The van der Waals surface area contributed by atoms with E-state index in [1.54, 1.807) is 6.07 Å². The first kappa shape index (κ1) is 23.9. The molecule has 0 fully saturated rings. The second-order valence-electron chi connectivity index (χ2n) is 7.14. The third kappa shape index (κ3) is 9.73. The van der Waals surface area contributed by atoms with Crippen molar-refractivity contribution in [2.75, 3.05) is 18.6 Å². The summed E-state index contributed by atoms with van der Waals surface area (Å²) in [6.45, 7) is 9.02. The summed E-state index contributed by atoms with van der Waals surface area (Å²) in [7, 11) is -2.98. The van der Waals surface area contributed by atoms with Crippen molar-refractivity contribution in [3.05, 3.63) is 35.4 Å². The fraction of sp³-hybridized carbons (Fsp3) is 0.600. The van der Waals surface area contributed by atoms with Crippen LogP contribution in [0, 0.1) is 0 Å². The molecule has 1 aromatic rings. The predicted molar refractivity (Wildman–Crippen MR) is 115 cm³/mol. The molecule has 0 aliphatic carbocycles. The number of hydrogen-bond donors (Lipinski definition) is 3. The van der Waals surface area contributed by atoms with E-state index in [1.807, 2.05) is 45.9 Å². The molecule has 158 valence electrons. The van der Waals surface area contributed by atoms with Crippen LogP contribution in [-0.4, -0.2) is 50.9 Å². The Balaban J connectivity index is 2.76. The molecule has 28 heavy (non-hydrogen) atoms. The van der Waals surface area contributed by atoms with E-state index in [1.165, 1.54) is 6.26 Å². The molecule has 2 unspecified atom stereocenters. The van der Waals surface area contributed by atoms with Crippen molar-refractivity contribution >= 4 is 21.7 Å². The van der Waals surface area contributed by atoms with E-state index >= 15 is 0 Å². The van der Waals surface area contributed by atoms with Gasteiger partial charge in [-0.3, -0.25) is 4.79 Å². The lowest BCUT2D eigenvalue weighted by Gasteiger charge is -2.17. The molecule has 1 aromatic carbocycles. The number of rotatable bonds is 10. The first-order valence-corrected chi connectivity index (χ1v) is 11.8. The van der Waals surface area contributed by atoms with Gasteiger partial charge in [-0.1, -0.05) is 19.1 Å². The minimum Gasteiger partial charge on any atom is -0.357 e. The van der Waals surface area contributed by atoms with E-state index in [0.717, 1.165) is 12.0 Å². The van der Waals surface area contributed by atoms with Gasteiger partial charge in [0.05, 0.1) is 12.3 Å². The molecule has 8 heteroatoms. The van der Waals surface area contributed by atoms with Crippen molar-refractivity contribution in [3.63, 3.8) is 0 Å². The summed E-state index contributed by atoms with van der Waals surface area (Å²) in [6, 6.07) is 7.53.